The van der Waals surface area contributed by atoms with Crippen LogP contribution < -0.4 is 10.1 Å². The monoisotopic (exact) mass is 385 g/mol. The summed E-state index contributed by atoms with van der Waals surface area (Å²) in [5, 5.41) is 2.84. The Kier molecular flexibility index (Phi) is 5.97. The van der Waals surface area contributed by atoms with E-state index in [1.54, 1.807) is 14.0 Å². The lowest BCUT2D eigenvalue weighted by Gasteiger charge is -2.10. The molecule has 140 valence electrons. The number of amides is 2. The standard InChI is InChI=1S/C19H19N3O4S/c1-3-26-19(24)21-17(23)12-27-18-20-15-6-4-5-7-16(15)22(18)13-8-10-14(25-2)11-9-13/h4-11H,3,12H2,1-2H3,(H,21,23,24). The minimum Gasteiger partial charge on any atom is -0.497 e. The molecule has 0 saturated carbocycles. The molecule has 2 aromatic carbocycles. The van der Waals surface area contributed by atoms with Gasteiger partial charge in [-0.15, -0.1) is 0 Å². The molecule has 3 rings (SSSR count). The van der Waals surface area contributed by atoms with E-state index in [2.05, 4.69) is 10.3 Å². The van der Waals surface area contributed by atoms with Crippen molar-refractivity contribution in [2.45, 2.75) is 12.1 Å². The summed E-state index contributed by atoms with van der Waals surface area (Å²) in [5.41, 5.74) is 2.65. The van der Waals surface area contributed by atoms with E-state index in [0.717, 1.165) is 22.5 Å². The number of thioether (sulfide) groups is 1. The Bertz CT molecular complexity index is 953. The zero-order valence-corrected chi connectivity index (χ0v) is 15.8. The van der Waals surface area contributed by atoms with Gasteiger partial charge in [0, 0.05) is 5.69 Å². The second-order valence-corrected chi connectivity index (χ2v) is 6.42. The number of carbonyl (C=O) groups is 2. The third-order valence-corrected chi connectivity index (χ3v) is 4.65. The Hall–Kier alpha value is -3.00. The highest BCUT2D eigenvalue weighted by Crippen LogP contribution is 2.28. The van der Waals surface area contributed by atoms with E-state index in [9.17, 15) is 9.59 Å². The average molecular weight is 385 g/mol. The lowest BCUT2D eigenvalue weighted by atomic mass is 10.2. The molecule has 1 N–H and O–H groups in total. The summed E-state index contributed by atoms with van der Waals surface area (Å²) >= 11 is 1.25. The van der Waals surface area contributed by atoms with E-state index >= 15 is 0 Å². The van der Waals surface area contributed by atoms with Gasteiger partial charge in [-0.25, -0.2) is 9.78 Å². The van der Waals surface area contributed by atoms with Gasteiger partial charge in [0.25, 0.3) is 0 Å². The highest BCUT2D eigenvalue weighted by atomic mass is 32.2. The topological polar surface area (TPSA) is 82.5 Å². The van der Waals surface area contributed by atoms with Crippen LogP contribution in [0.3, 0.4) is 0 Å². The van der Waals surface area contributed by atoms with Crippen LogP contribution in [0.25, 0.3) is 16.7 Å². The predicted octanol–water partition coefficient (Wildman–Crippen LogP) is 3.40. The third-order valence-electron chi connectivity index (χ3n) is 3.71. The van der Waals surface area contributed by atoms with Crippen molar-refractivity contribution in [1.29, 1.82) is 0 Å². The number of carbonyl (C=O) groups excluding carboxylic acids is 2. The number of hydrogen-bond acceptors (Lipinski definition) is 6. The third kappa shape index (κ3) is 4.40. The van der Waals surface area contributed by atoms with Crippen LogP contribution in [0.1, 0.15) is 6.92 Å². The Balaban J connectivity index is 1.86. The van der Waals surface area contributed by atoms with E-state index in [1.807, 2.05) is 53.1 Å². The minimum absolute atomic E-state index is 0.0400. The number of imidazole rings is 1. The number of imide groups is 1. The summed E-state index contributed by atoms with van der Waals surface area (Å²) in [5.74, 6) is 0.358. The molecule has 3 aromatic rings. The van der Waals surface area contributed by atoms with Crippen molar-refractivity contribution in [3.8, 4) is 11.4 Å². The molecule has 0 aliphatic carbocycles. The molecule has 0 fully saturated rings. The molecule has 1 aromatic heterocycles. The number of nitrogens with one attached hydrogen (secondary N) is 1. The molecule has 0 atom stereocenters. The fourth-order valence-corrected chi connectivity index (χ4v) is 3.36. The van der Waals surface area contributed by atoms with Crippen LogP contribution in [0.5, 0.6) is 5.75 Å². The Labute approximate surface area is 160 Å². The maximum atomic E-state index is 12.0. The summed E-state index contributed by atoms with van der Waals surface area (Å²) in [6.07, 6.45) is -0.744. The Morgan fingerprint density at radius 2 is 1.89 bits per heavy atom. The van der Waals surface area contributed by atoms with Gasteiger partial charge in [0.2, 0.25) is 5.91 Å². The number of alkyl carbamates (subject to hydrolysis) is 1. The van der Waals surface area contributed by atoms with E-state index < -0.39 is 12.0 Å². The maximum absolute atomic E-state index is 12.0. The minimum atomic E-state index is -0.744. The largest absolute Gasteiger partial charge is 0.497 e. The van der Waals surface area contributed by atoms with Crippen molar-refractivity contribution >= 4 is 34.8 Å². The van der Waals surface area contributed by atoms with Crippen LogP contribution in [-0.4, -0.2) is 41.0 Å². The number of para-hydroxylation sites is 2. The predicted molar refractivity (Wildman–Crippen MR) is 104 cm³/mol. The van der Waals surface area contributed by atoms with E-state index in [0.29, 0.717) is 5.16 Å². The van der Waals surface area contributed by atoms with E-state index in [4.69, 9.17) is 9.47 Å². The number of ether oxygens (including phenoxy) is 2. The average Bonchev–Trinajstić information content (AvgIpc) is 3.05. The smallest absolute Gasteiger partial charge is 0.413 e. The number of aromatic nitrogens is 2. The van der Waals surface area contributed by atoms with Crippen LogP contribution >= 0.6 is 11.8 Å². The first-order valence-corrected chi connectivity index (χ1v) is 9.32. The fraction of sp³-hybridized carbons (Fsp3) is 0.211. The number of nitrogens with zero attached hydrogens (tertiary/aromatic N) is 2. The SMILES string of the molecule is CCOC(=O)NC(=O)CSc1nc2ccccc2n1-c1ccc(OC)cc1. The molecule has 7 nitrogen and oxygen atoms in total. The van der Waals surface area contributed by atoms with Crippen molar-refractivity contribution in [2.75, 3.05) is 19.5 Å². The number of rotatable bonds is 6. The molecule has 0 bridgehead atoms. The molecule has 0 aliphatic rings. The van der Waals surface area contributed by atoms with Gasteiger partial charge in [0.05, 0.1) is 30.5 Å². The van der Waals surface area contributed by atoms with Gasteiger partial charge >= 0.3 is 6.09 Å². The highest BCUT2D eigenvalue weighted by molar-refractivity contribution is 7.99. The number of methoxy groups -OCH3 is 1. The molecular formula is C19H19N3O4S. The van der Waals surface area contributed by atoms with Gasteiger partial charge in [-0.2, -0.15) is 0 Å². The van der Waals surface area contributed by atoms with Gasteiger partial charge in [-0.3, -0.25) is 14.7 Å². The van der Waals surface area contributed by atoms with Crippen molar-refractivity contribution in [3.63, 3.8) is 0 Å². The van der Waals surface area contributed by atoms with Crippen molar-refractivity contribution in [2.24, 2.45) is 0 Å². The molecule has 0 aliphatic heterocycles. The van der Waals surface area contributed by atoms with Crippen molar-refractivity contribution in [1.82, 2.24) is 14.9 Å². The summed E-state index contributed by atoms with van der Waals surface area (Å²) < 4.78 is 11.9. The first kappa shape index (κ1) is 18.8. The Morgan fingerprint density at radius 3 is 2.59 bits per heavy atom. The lowest BCUT2D eigenvalue weighted by Crippen LogP contribution is -2.32. The fourth-order valence-electron chi connectivity index (χ4n) is 2.53. The zero-order valence-electron chi connectivity index (χ0n) is 15.0. The Morgan fingerprint density at radius 1 is 1.15 bits per heavy atom. The quantitative estimate of drug-likeness (QED) is 0.655. The summed E-state index contributed by atoms with van der Waals surface area (Å²) in [6.45, 7) is 1.88. The van der Waals surface area contributed by atoms with Gasteiger partial charge < -0.3 is 9.47 Å². The van der Waals surface area contributed by atoms with Crippen LogP contribution in [0.4, 0.5) is 4.79 Å². The summed E-state index contributed by atoms with van der Waals surface area (Å²) in [4.78, 5) is 27.9. The normalized spacial score (nSPS) is 10.6. The van der Waals surface area contributed by atoms with Crippen molar-refractivity contribution < 1.29 is 19.1 Å². The van der Waals surface area contributed by atoms with Crippen LogP contribution in [-0.2, 0) is 9.53 Å². The van der Waals surface area contributed by atoms with E-state index in [1.165, 1.54) is 11.8 Å². The molecule has 0 unspecified atom stereocenters. The number of fused-ring (bicyclic) bond motifs is 1. The van der Waals surface area contributed by atoms with Gasteiger partial charge in [-0.1, -0.05) is 23.9 Å². The second kappa shape index (κ2) is 8.59. The molecular weight excluding hydrogens is 366 g/mol. The van der Waals surface area contributed by atoms with Gasteiger partial charge in [-0.05, 0) is 43.3 Å². The van der Waals surface area contributed by atoms with Crippen molar-refractivity contribution in [3.05, 3.63) is 48.5 Å². The van der Waals surface area contributed by atoms with Crippen LogP contribution in [0, 0.1) is 0 Å². The van der Waals surface area contributed by atoms with Gasteiger partial charge in [0.15, 0.2) is 5.16 Å². The van der Waals surface area contributed by atoms with E-state index in [-0.39, 0.29) is 12.4 Å². The second-order valence-electron chi connectivity index (χ2n) is 5.47. The molecule has 8 heteroatoms. The highest BCUT2D eigenvalue weighted by Gasteiger charge is 2.15. The number of hydrogen-bond donors (Lipinski definition) is 1. The molecule has 2 amide bonds. The molecule has 0 saturated heterocycles. The number of benzene rings is 2. The van der Waals surface area contributed by atoms with Crippen LogP contribution in [0.2, 0.25) is 0 Å². The maximum Gasteiger partial charge on any atom is 0.413 e. The molecule has 1 heterocycles. The zero-order chi connectivity index (χ0) is 19.2. The molecule has 0 spiro atoms. The van der Waals surface area contributed by atoms with Gasteiger partial charge in [0.1, 0.15) is 5.75 Å². The summed E-state index contributed by atoms with van der Waals surface area (Å²) in [6, 6.07) is 15.3. The van der Waals surface area contributed by atoms with Crippen LogP contribution in [0.15, 0.2) is 53.7 Å². The first-order valence-electron chi connectivity index (χ1n) is 8.33. The summed E-state index contributed by atoms with van der Waals surface area (Å²) in [7, 11) is 1.62. The first-order chi connectivity index (χ1) is 13.1. The lowest BCUT2D eigenvalue weighted by molar-refractivity contribution is -0.117. The molecule has 27 heavy (non-hydrogen) atoms. The molecule has 0 radical (unpaired) electrons.